The Morgan fingerprint density at radius 3 is 2.37 bits per heavy atom. The zero-order valence-corrected chi connectivity index (χ0v) is 18.0. The molecule has 1 saturated heterocycles. The van der Waals surface area contributed by atoms with E-state index in [0.717, 1.165) is 0 Å². The van der Waals surface area contributed by atoms with Crippen molar-refractivity contribution in [3.05, 3.63) is 0 Å². The highest BCUT2D eigenvalue weighted by atomic mass is 31.0. The number of ether oxygens (including phenoxy) is 1. The molecule has 1 heterocycles. The molecule has 6 atom stereocenters. The summed E-state index contributed by atoms with van der Waals surface area (Å²) >= 11 is 0. The summed E-state index contributed by atoms with van der Waals surface area (Å²) in [5.74, 6) is -3.47. The van der Waals surface area contributed by atoms with Crippen LogP contribution < -0.4 is 11.1 Å². The summed E-state index contributed by atoms with van der Waals surface area (Å²) < 4.78 is 5.07. The van der Waals surface area contributed by atoms with Gasteiger partial charge in [-0.05, 0) is 25.2 Å². The van der Waals surface area contributed by atoms with Gasteiger partial charge in [-0.2, -0.15) is 0 Å². The molecule has 1 aliphatic heterocycles. The second kappa shape index (κ2) is 8.58. The van der Waals surface area contributed by atoms with Crippen LogP contribution in [-0.2, 0) is 19.1 Å². The van der Waals surface area contributed by atoms with Gasteiger partial charge in [-0.1, -0.05) is 39.4 Å². The number of amides is 1. The van der Waals surface area contributed by atoms with Crippen molar-refractivity contribution in [2.75, 3.05) is 0 Å². The van der Waals surface area contributed by atoms with Crippen molar-refractivity contribution in [3.8, 4) is 0 Å². The lowest BCUT2D eigenvalue weighted by molar-refractivity contribution is -0.166. The molecule has 2 radical (unpaired) electrons. The molecule has 9 heteroatoms. The Morgan fingerprint density at radius 1 is 1.41 bits per heavy atom. The summed E-state index contributed by atoms with van der Waals surface area (Å²) in [7, 11) is 8.62. The van der Waals surface area contributed by atoms with Crippen molar-refractivity contribution in [2.24, 2.45) is 17.1 Å². The van der Waals surface area contributed by atoms with E-state index in [2.05, 4.69) is 14.6 Å². The third-order valence-corrected chi connectivity index (χ3v) is 6.80. The molecular weight excluding hydrogens is 366 g/mol. The van der Waals surface area contributed by atoms with Crippen LogP contribution in [-0.4, -0.2) is 48.2 Å². The molecule has 0 saturated carbocycles. The maximum absolute atomic E-state index is 12.8. The SMILES string of the molecule is [B]C(C)(CC)C(CC(C)(C)C(C)(N)C(O)P)C(=O)OC(=O)C1CCC(=O)N1. The van der Waals surface area contributed by atoms with Crippen LogP contribution in [0, 0.1) is 11.3 Å². The largest absolute Gasteiger partial charge is 0.391 e. The number of nitrogens with one attached hydrogen (secondary N) is 1. The van der Waals surface area contributed by atoms with E-state index in [0.29, 0.717) is 12.8 Å². The van der Waals surface area contributed by atoms with Crippen LogP contribution in [0.4, 0.5) is 0 Å². The van der Waals surface area contributed by atoms with Crippen LogP contribution in [0.15, 0.2) is 0 Å². The minimum Gasteiger partial charge on any atom is -0.391 e. The molecule has 1 fully saturated rings. The van der Waals surface area contributed by atoms with Crippen molar-refractivity contribution >= 4 is 34.9 Å². The predicted molar refractivity (Wildman–Crippen MR) is 107 cm³/mol. The van der Waals surface area contributed by atoms with E-state index in [4.69, 9.17) is 18.3 Å². The molecule has 0 bridgehead atoms. The van der Waals surface area contributed by atoms with Crippen molar-refractivity contribution in [3.63, 3.8) is 0 Å². The van der Waals surface area contributed by atoms with Gasteiger partial charge >= 0.3 is 11.9 Å². The predicted octanol–water partition coefficient (Wildman–Crippen LogP) is 1.04. The lowest BCUT2D eigenvalue weighted by Crippen LogP contribution is -2.58. The standard InChI is InChI=1S/C18H32BN2O5P/c1-6-17(4,19)10(9-16(2,3)18(5,20)15(25)27)13(23)26-14(24)11-7-8-12(22)21-11/h10-11,15,25H,6-9,20,27H2,1-5H3,(H,21,22). The van der Waals surface area contributed by atoms with E-state index < -0.39 is 46.0 Å². The first-order chi connectivity index (χ1) is 12.2. The number of esters is 2. The molecule has 27 heavy (non-hydrogen) atoms. The fraction of sp³-hybridized carbons (Fsp3) is 0.833. The Kier molecular flexibility index (Phi) is 7.65. The lowest BCUT2D eigenvalue weighted by atomic mass is 9.55. The van der Waals surface area contributed by atoms with Crippen molar-refractivity contribution in [2.45, 2.75) is 83.0 Å². The van der Waals surface area contributed by atoms with Gasteiger partial charge < -0.3 is 20.9 Å². The number of rotatable bonds is 8. The van der Waals surface area contributed by atoms with Crippen LogP contribution in [0.25, 0.3) is 0 Å². The molecule has 0 aromatic carbocycles. The highest BCUT2D eigenvalue weighted by molar-refractivity contribution is 7.17. The van der Waals surface area contributed by atoms with E-state index >= 15 is 0 Å². The van der Waals surface area contributed by atoms with Crippen LogP contribution in [0.1, 0.15) is 60.3 Å². The number of hydrogen-bond donors (Lipinski definition) is 3. The molecule has 0 aromatic rings. The zero-order valence-electron chi connectivity index (χ0n) is 16.9. The van der Waals surface area contributed by atoms with Gasteiger partial charge in [0.1, 0.15) is 6.04 Å². The Labute approximate surface area is 165 Å². The van der Waals surface area contributed by atoms with E-state index in [1.54, 1.807) is 13.8 Å². The van der Waals surface area contributed by atoms with Crippen molar-refractivity contribution in [1.29, 1.82) is 0 Å². The zero-order chi connectivity index (χ0) is 21.2. The van der Waals surface area contributed by atoms with Crippen molar-refractivity contribution in [1.82, 2.24) is 5.32 Å². The van der Waals surface area contributed by atoms with Gasteiger partial charge in [-0.3, -0.25) is 9.59 Å². The topological polar surface area (TPSA) is 119 Å². The molecule has 152 valence electrons. The summed E-state index contributed by atoms with van der Waals surface area (Å²) in [6.07, 6.45) is 1.22. The van der Waals surface area contributed by atoms with Gasteiger partial charge in [0.05, 0.1) is 19.6 Å². The molecule has 0 aliphatic carbocycles. The molecule has 0 aromatic heterocycles. The highest BCUT2D eigenvalue weighted by Gasteiger charge is 2.47. The molecule has 6 unspecified atom stereocenters. The van der Waals surface area contributed by atoms with Crippen LogP contribution in [0.3, 0.4) is 0 Å². The summed E-state index contributed by atoms with van der Waals surface area (Å²) in [5.41, 5.74) is 4.59. The summed E-state index contributed by atoms with van der Waals surface area (Å²) in [6.45, 7) is 8.95. The van der Waals surface area contributed by atoms with Gasteiger partial charge in [0.15, 0.2) is 0 Å². The van der Waals surface area contributed by atoms with Gasteiger partial charge in [-0.25, -0.2) is 4.79 Å². The number of aliphatic hydroxyl groups is 1. The monoisotopic (exact) mass is 398 g/mol. The third kappa shape index (κ3) is 5.52. The Balaban J connectivity index is 3.02. The first-order valence-corrected chi connectivity index (χ1v) is 9.88. The summed E-state index contributed by atoms with van der Waals surface area (Å²) in [5, 5.41) is 11.6. The molecule has 7 nitrogen and oxygen atoms in total. The smallest absolute Gasteiger partial charge is 0.336 e. The molecule has 1 aliphatic rings. The molecule has 0 spiro atoms. The van der Waals surface area contributed by atoms with E-state index in [9.17, 15) is 19.5 Å². The third-order valence-electron chi connectivity index (χ3n) is 6.11. The highest BCUT2D eigenvalue weighted by Crippen LogP contribution is 2.47. The first-order valence-electron chi connectivity index (χ1n) is 9.22. The minimum absolute atomic E-state index is 0.218. The molecule has 4 N–H and O–H groups in total. The molecular formula is C18H32BN2O5P. The van der Waals surface area contributed by atoms with E-state index in [1.165, 1.54) is 0 Å². The number of aliphatic hydroxyl groups excluding tert-OH is 1. The fourth-order valence-corrected chi connectivity index (χ4v) is 3.45. The van der Waals surface area contributed by atoms with Crippen molar-refractivity contribution < 1.29 is 24.2 Å². The van der Waals surface area contributed by atoms with E-state index in [-0.39, 0.29) is 18.7 Å². The maximum atomic E-state index is 12.8. The summed E-state index contributed by atoms with van der Waals surface area (Å²) in [6, 6.07) is -0.811. The Morgan fingerprint density at radius 2 is 1.96 bits per heavy atom. The van der Waals surface area contributed by atoms with Gasteiger partial charge in [0.25, 0.3) is 0 Å². The Bertz CT molecular complexity index is 592. The minimum atomic E-state index is -1.02. The quantitative estimate of drug-likeness (QED) is 0.243. The summed E-state index contributed by atoms with van der Waals surface area (Å²) in [4.78, 5) is 36.3. The number of carbonyl (C=O) groups is 3. The van der Waals surface area contributed by atoms with Gasteiger partial charge in [0, 0.05) is 12.0 Å². The average molecular weight is 398 g/mol. The number of hydrogen-bond acceptors (Lipinski definition) is 6. The number of nitrogens with two attached hydrogens (primary N) is 1. The second-order valence-corrected chi connectivity index (χ2v) is 9.26. The first kappa shape index (κ1) is 24.1. The maximum Gasteiger partial charge on any atom is 0.336 e. The van der Waals surface area contributed by atoms with Crippen LogP contribution in [0.5, 0.6) is 0 Å². The van der Waals surface area contributed by atoms with Gasteiger partial charge in [-0.15, -0.1) is 9.24 Å². The molecule has 1 rings (SSSR count). The lowest BCUT2D eigenvalue weighted by Gasteiger charge is -2.47. The number of carbonyl (C=O) groups excluding carboxylic acids is 3. The second-order valence-electron chi connectivity index (χ2n) is 8.63. The average Bonchev–Trinajstić information content (AvgIpc) is 2.98. The Hall–Kier alpha value is -0.975. The van der Waals surface area contributed by atoms with Gasteiger partial charge in [0.2, 0.25) is 5.91 Å². The normalized spacial score (nSPS) is 24.3. The fourth-order valence-electron chi connectivity index (χ4n) is 2.99. The van der Waals surface area contributed by atoms with E-state index in [1.807, 2.05) is 20.8 Å². The van der Waals surface area contributed by atoms with Crippen LogP contribution in [0.2, 0.25) is 5.31 Å². The molecule has 1 amide bonds. The van der Waals surface area contributed by atoms with Crippen LogP contribution >= 0.6 is 9.24 Å².